The van der Waals surface area contributed by atoms with Gasteiger partial charge in [0, 0.05) is 17.0 Å². The first-order chi connectivity index (χ1) is 13.3. The lowest BCUT2D eigenvalue weighted by Crippen LogP contribution is -2.38. The van der Waals surface area contributed by atoms with Crippen LogP contribution in [-0.4, -0.2) is 11.5 Å². The molecule has 4 heteroatoms. The highest BCUT2D eigenvalue weighted by atomic mass is 32.1. The van der Waals surface area contributed by atoms with E-state index in [2.05, 4.69) is 41.0 Å². The Morgan fingerprint density at radius 1 is 0.926 bits per heavy atom. The number of anilines is 1. The molecule has 2 aliphatic rings. The molecule has 1 aromatic heterocycles. The first kappa shape index (κ1) is 16.5. The number of para-hydroxylation sites is 2. The number of nitrogens with one attached hydrogen (secondary N) is 1. The van der Waals surface area contributed by atoms with Gasteiger partial charge >= 0.3 is 0 Å². The van der Waals surface area contributed by atoms with Crippen molar-refractivity contribution in [3.05, 3.63) is 82.6 Å². The molecule has 0 saturated heterocycles. The highest BCUT2D eigenvalue weighted by molar-refractivity contribution is 7.10. The van der Waals surface area contributed by atoms with Gasteiger partial charge in [0.15, 0.2) is 0 Å². The van der Waals surface area contributed by atoms with Crippen molar-refractivity contribution in [1.82, 2.24) is 0 Å². The van der Waals surface area contributed by atoms with E-state index in [-0.39, 0.29) is 23.7 Å². The molecular weight excluding hydrogens is 352 g/mol. The fraction of sp³-hybridized carbons (Fsp3) is 0.217. The van der Waals surface area contributed by atoms with Gasteiger partial charge in [0.05, 0.1) is 23.3 Å². The number of hydrogen-bond acceptors (Lipinski definition) is 4. The van der Waals surface area contributed by atoms with Crippen LogP contribution in [0, 0.1) is 5.92 Å². The maximum absolute atomic E-state index is 13.3. The van der Waals surface area contributed by atoms with E-state index in [1.165, 1.54) is 10.4 Å². The summed E-state index contributed by atoms with van der Waals surface area (Å²) >= 11 is 1.70. The van der Waals surface area contributed by atoms with Gasteiger partial charge in [-0.3, -0.25) is 9.79 Å². The Hall–Kier alpha value is -2.72. The first-order valence-corrected chi connectivity index (χ1v) is 10.2. The molecule has 2 aromatic carbocycles. The minimum atomic E-state index is -0.198. The van der Waals surface area contributed by atoms with Gasteiger partial charge in [0.2, 0.25) is 0 Å². The molecule has 1 saturated carbocycles. The van der Waals surface area contributed by atoms with Crippen LogP contribution in [0.15, 0.2) is 77.1 Å². The number of aliphatic imine (C=N–C) groups is 1. The number of nitrogens with zero attached hydrogens (tertiary/aromatic N) is 1. The van der Waals surface area contributed by atoms with Crippen molar-refractivity contribution in [3.63, 3.8) is 0 Å². The number of thiophene rings is 1. The number of fused-ring (bicyclic) bond motifs is 2. The second-order valence-electron chi connectivity index (χ2n) is 7.22. The lowest BCUT2D eigenvalue weighted by molar-refractivity contribution is -0.122. The van der Waals surface area contributed by atoms with Crippen molar-refractivity contribution < 1.29 is 4.79 Å². The van der Waals surface area contributed by atoms with Crippen LogP contribution < -0.4 is 5.32 Å². The molecular formula is C23H20N2OS. The molecule has 27 heavy (non-hydrogen) atoms. The van der Waals surface area contributed by atoms with Crippen LogP contribution in [0.4, 0.5) is 11.4 Å². The van der Waals surface area contributed by atoms with E-state index in [1.54, 1.807) is 11.3 Å². The minimum Gasteiger partial charge on any atom is -0.375 e. The number of carbonyl (C=O) groups is 1. The predicted molar refractivity (Wildman–Crippen MR) is 111 cm³/mol. The highest BCUT2D eigenvalue weighted by Crippen LogP contribution is 2.44. The Morgan fingerprint density at radius 3 is 2.56 bits per heavy atom. The van der Waals surface area contributed by atoms with Crippen molar-refractivity contribution in [1.29, 1.82) is 0 Å². The molecule has 1 fully saturated rings. The Morgan fingerprint density at radius 2 is 1.74 bits per heavy atom. The summed E-state index contributed by atoms with van der Waals surface area (Å²) in [7, 11) is 0. The number of rotatable bonds is 2. The Labute approximate surface area is 162 Å². The molecule has 134 valence electrons. The van der Waals surface area contributed by atoms with E-state index < -0.39 is 0 Å². The molecule has 3 aromatic rings. The molecule has 1 unspecified atom stereocenters. The monoisotopic (exact) mass is 372 g/mol. The first-order valence-electron chi connectivity index (χ1n) is 9.33. The molecule has 0 amide bonds. The number of benzene rings is 2. The Balaban J connectivity index is 1.60. The summed E-state index contributed by atoms with van der Waals surface area (Å²) in [5.41, 5.74) is 4.17. The molecule has 1 aliphatic heterocycles. The van der Waals surface area contributed by atoms with E-state index >= 15 is 0 Å². The molecule has 3 nitrogen and oxygen atoms in total. The molecule has 0 bridgehead atoms. The number of hydrogen-bond donors (Lipinski definition) is 1. The summed E-state index contributed by atoms with van der Waals surface area (Å²) in [6, 6.07) is 22.6. The van der Waals surface area contributed by atoms with Crippen LogP contribution in [0.3, 0.4) is 0 Å². The SMILES string of the molecule is O=C1C[C@H](c2ccccc2)CC2=Nc3ccccc3N[C@H](c3cccs3)C12. The van der Waals surface area contributed by atoms with Crippen molar-refractivity contribution >= 4 is 34.2 Å². The summed E-state index contributed by atoms with van der Waals surface area (Å²) in [6.45, 7) is 0. The molecule has 1 N–H and O–H groups in total. The highest BCUT2D eigenvalue weighted by Gasteiger charge is 2.41. The van der Waals surface area contributed by atoms with Gasteiger partial charge in [-0.1, -0.05) is 48.5 Å². The van der Waals surface area contributed by atoms with Crippen molar-refractivity contribution in [3.8, 4) is 0 Å². The van der Waals surface area contributed by atoms with Gasteiger partial charge in [0.25, 0.3) is 0 Å². The van der Waals surface area contributed by atoms with E-state index in [0.29, 0.717) is 6.42 Å². The van der Waals surface area contributed by atoms with Crippen molar-refractivity contribution in [2.24, 2.45) is 10.9 Å². The predicted octanol–water partition coefficient (Wildman–Crippen LogP) is 5.75. The summed E-state index contributed by atoms with van der Waals surface area (Å²) < 4.78 is 0. The molecule has 3 atom stereocenters. The van der Waals surface area contributed by atoms with Crippen LogP contribution in [0.1, 0.15) is 35.2 Å². The smallest absolute Gasteiger partial charge is 0.144 e. The number of ketones is 1. The lowest BCUT2D eigenvalue weighted by atomic mass is 9.73. The average Bonchev–Trinajstić information content (AvgIpc) is 3.17. The molecule has 0 spiro atoms. The normalized spacial score (nSPS) is 24.2. The molecule has 0 radical (unpaired) electrons. The van der Waals surface area contributed by atoms with Crippen LogP contribution in [0.25, 0.3) is 0 Å². The largest absolute Gasteiger partial charge is 0.375 e. The van der Waals surface area contributed by atoms with Gasteiger partial charge in [0.1, 0.15) is 5.78 Å². The van der Waals surface area contributed by atoms with E-state index in [9.17, 15) is 4.79 Å². The Bertz CT molecular complexity index is 994. The van der Waals surface area contributed by atoms with Crippen molar-refractivity contribution in [2.45, 2.75) is 24.8 Å². The summed E-state index contributed by atoms with van der Waals surface area (Å²) in [5.74, 6) is 0.298. The summed E-state index contributed by atoms with van der Waals surface area (Å²) in [4.78, 5) is 19.5. The second-order valence-corrected chi connectivity index (χ2v) is 8.20. The zero-order chi connectivity index (χ0) is 18.2. The number of carbonyl (C=O) groups excluding carboxylic acids is 1. The maximum Gasteiger partial charge on any atom is 0.144 e. The van der Waals surface area contributed by atoms with E-state index in [1.807, 2.05) is 36.4 Å². The van der Waals surface area contributed by atoms with Crippen molar-refractivity contribution in [2.75, 3.05) is 5.32 Å². The Kier molecular flexibility index (Phi) is 4.13. The van der Waals surface area contributed by atoms with E-state index in [0.717, 1.165) is 23.5 Å². The second kappa shape index (κ2) is 6.78. The fourth-order valence-corrected chi connectivity index (χ4v) is 5.08. The topological polar surface area (TPSA) is 41.5 Å². The van der Waals surface area contributed by atoms with Gasteiger partial charge in [-0.15, -0.1) is 11.3 Å². The third-order valence-electron chi connectivity index (χ3n) is 5.54. The fourth-order valence-electron chi connectivity index (χ4n) is 4.26. The van der Waals surface area contributed by atoms with Gasteiger partial charge in [-0.05, 0) is 41.5 Å². The zero-order valence-electron chi connectivity index (χ0n) is 14.8. The molecule has 1 aliphatic carbocycles. The van der Waals surface area contributed by atoms with Crippen LogP contribution in [0.5, 0.6) is 0 Å². The standard InChI is InChI=1S/C23H20N2OS/c26-20-14-16(15-7-2-1-3-8-15)13-19-22(20)23(21-11-6-12-27-21)25-18-10-5-4-9-17(18)24-19/h1-12,16,22-23,25H,13-14H2/t16-,22?,23-/m1/s1. The number of Topliss-reactive ketones (excluding diaryl/α,β-unsaturated/α-hetero) is 1. The minimum absolute atomic E-state index is 0.0448. The van der Waals surface area contributed by atoms with Gasteiger partial charge in [-0.25, -0.2) is 0 Å². The van der Waals surface area contributed by atoms with E-state index in [4.69, 9.17) is 4.99 Å². The average molecular weight is 372 g/mol. The third kappa shape index (κ3) is 3.00. The maximum atomic E-state index is 13.3. The third-order valence-corrected chi connectivity index (χ3v) is 6.50. The zero-order valence-corrected chi connectivity index (χ0v) is 15.7. The quantitative estimate of drug-likeness (QED) is 0.622. The van der Waals surface area contributed by atoms with Gasteiger partial charge in [-0.2, -0.15) is 0 Å². The van der Waals surface area contributed by atoms with Crippen LogP contribution in [0.2, 0.25) is 0 Å². The molecule has 5 rings (SSSR count). The lowest BCUT2D eigenvalue weighted by Gasteiger charge is -2.33. The van der Waals surface area contributed by atoms with Crippen LogP contribution >= 0.6 is 11.3 Å². The summed E-state index contributed by atoms with van der Waals surface area (Å²) in [6.07, 6.45) is 1.41. The van der Waals surface area contributed by atoms with Gasteiger partial charge < -0.3 is 5.32 Å². The molecule has 2 heterocycles. The van der Waals surface area contributed by atoms with Crippen LogP contribution in [-0.2, 0) is 4.79 Å². The summed E-state index contributed by atoms with van der Waals surface area (Å²) in [5, 5.41) is 5.70.